The molecule has 4 aliphatic rings. The monoisotopic (exact) mass is 739 g/mol. The highest BCUT2D eigenvalue weighted by Crippen LogP contribution is 2.42. The fourth-order valence-electron chi connectivity index (χ4n) is 7.23. The van der Waals surface area contributed by atoms with E-state index in [4.69, 9.17) is 39.4 Å². The number of nitrogens with two attached hydrogens (primary N) is 1. The summed E-state index contributed by atoms with van der Waals surface area (Å²) in [5, 5.41) is 0. The summed E-state index contributed by atoms with van der Waals surface area (Å²) < 4.78 is 28.8. The van der Waals surface area contributed by atoms with Crippen LogP contribution in [-0.4, -0.2) is 80.7 Å². The predicted molar refractivity (Wildman–Crippen MR) is 210 cm³/mol. The summed E-state index contributed by atoms with van der Waals surface area (Å²) in [6.45, 7) is 1.09. The number of hydrogen-bond acceptors (Lipinski definition) is 10. The zero-order valence-corrected chi connectivity index (χ0v) is 30.9. The molecule has 280 valence electrons. The normalized spacial score (nSPS) is 18.0. The fraction of sp³-hybridized carbons (Fsp3) is 0.256. The number of ether oxygens (including phenoxy) is 5. The van der Waals surface area contributed by atoms with Crippen molar-refractivity contribution in [3.8, 4) is 28.7 Å². The molecule has 55 heavy (non-hydrogen) atoms. The molecule has 4 aromatic rings. The number of carbonyl (C=O) groups is 2. The first-order valence-electron chi connectivity index (χ1n) is 18.2. The second-order valence-electron chi connectivity index (χ2n) is 13.6. The first kappa shape index (κ1) is 35.6. The van der Waals surface area contributed by atoms with Gasteiger partial charge < -0.3 is 39.2 Å². The minimum atomic E-state index is -0.203. The third kappa shape index (κ3) is 6.92. The van der Waals surface area contributed by atoms with Crippen LogP contribution in [0, 0.1) is 0 Å². The molecule has 0 fully saturated rings. The number of rotatable bonds is 12. The maximum atomic E-state index is 13.7. The second-order valence-corrected chi connectivity index (χ2v) is 13.6. The average Bonchev–Trinajstić information content (AvgIpc) is 3.80. The van der Waals surface area contributed by atoms with Crippen LogP contribution in [0.5, 0.6) is 28.7 Å². The van der Waals surface area contributed by atoms with Crippen molar-refractivity contribution in [1.82, 2.24) is 9.80 Å². The summed E-state index contributed by atoms with van der Waals surface area (Å²) in [6, 6.07) is 22.4. The minimum Gasteiger partial charge on any atom is -0.497 e. The van der Waals surface area contributed by atoms with E-state index in [0.717, 1.165) is 33.6 Å². The van der Waals surface area contributed by atoms with E-state index >= 15 is 0 Å². The van der Waals surface area contributed by atoms with Crippen LogP contribution < -0.4 is 29.4 Å². The highest BCUT2D eigenvalue weighted by Gasteiger charge is 2.35. The standard InChI is InChI=1S/C43H41N5O7/c1-51-33-11-9-28(10-12-33)30-16-32-23-46-37-20-41(39(53-3)18-35(37)43(50)48(32)25-30)55-14-4-13-54-40-19-36-34(17-38(40)52-2)42(49)47-24-29(15-31(47)22-45-36)27-7-5-26(21-44)6-8-27/h5-12,17-20,22-25,31-32H,4,13-16,21,44H2,1-3H3/t31?,32-/m0/s1. The lowest BCUT2D eigenvalue weighted by Gasteiger charge is -2.19. The van der Waals surface area contributed by atoms with Crippen LogP contribution in [0.15, 0.2) is 95.2 Å². The predicted octanol–water partition coefficient (Wildman–Crippen LogP) is 6.96. The van der Waals surface area contributed by atoms with Crippen LogP contribution in [-0.2, 0) is 6.54 Å². The van der Waals surface area contributed by atoms with Gasteiger partial charge in [-0.25, -0.2) is 0 Å². The van der Waals surface area contributed by atoms with Crippen molar-refractivity contribution in [1.29, 1.82) is 0 Å². The molecule has 12 nitrogen and oxygen atoms in total. The molecule has 12 heteroatoms. The molecule has 0 saturated carbocycles. The largest absolute Gasteiger partial charge is 0.497 e. The lowest BCUT2D eigenvalue weighted by Crippen LogP contribution is -2.32. The van der Waals surface area contributed by atoms with Gasteiger partial charge in [0, 0.05) is 62.8 Å². The number of benzene rings is 4. The average molecular weight is 740 g/mol. The molecule has 0 bridgehead atoms. The maximum absolute atomic E-state index is 13.7. The van der Waals surface area contributed by atoms with Crippen molar-refractivity contribution in [3.63, 3.8) is 0 Å². The van der Waals surface area contributed by atoms with Gasteiger partial charge in [0.15, 0.2) is 23.0 Å². The van der Waals surface area contributed by atoms with E-state index in [9.17, 15) is 9.59 Å². The van der Waals surface area contributed by atoms with Crippen molar-refractivity contribution < 1.29 is 33.3 Å². The van der Waals surface area contributed by atoms with Crippen LogP contribution in [0.1, 0.15) is 56.7 Å². The number of methoxy groups -OCH3 is 3. The Morgan fingerprint density at radius 1 is 0.636 bits per heavy atom. The van der Waals surface area contributed by atoms with Crippen LogP contribution >= 0.6 is 0 Å². The summed E-state index contributed by atoms with van der Waals surface area (Å²) in [4.78, 5) is 40.4. The van der Waals surface area contributed by atoms with Crippen LogP contribution in [0.2, 0.25) is 0 Å². The van der Waals surface area contributed by atoms with E-state index in [0.29, 0.717) is 84.5 Å². The molecule has 2 amide bonds. The van der Waals surface area contributed by atoms with Gasteiger partial charge in [0.1, 0.15) is 5.75 Å². The van der Waals surface area contributed by atoms with Gasteiger partial charge in [0.05, 0.1) is 69.1 Å². The summed E-state index contributed by atoms with van der Waals surface area (Å²) >= 11 is 0. The smallest absolute Gasteiger partial charge is 0.260 e. The molecular formula is C43H41N5O7. The molecule has 2 N–H and O–H groups in total. The highest BCUT2D eigenvalue weighted by atomic mass is 16.5. The van der Waals surface area contributed by atoms with Gasteiger partial charge in [-0.05, 0) is 52.1 Å². The Morgan fingerprint density at radius 3 is 1.55 bits per heavy atom. The van der Waals surface area contributed by atoms with Gasteiger partial charge in [-0.3, -0.25) is 19.6 Å². The molecule has 4 aliphatic heterocycles. The Labute approximate surface area is 319 Å². The Bertz CT molecular complexity index is 2100. The van der Waals surface area contributed by atoms with Gasteiger partial charge in [-0.2, -0.15) is 0 Å². The van der Waals surface area contributed by atoms with E-state index in [2.05, 4.69) is 0 Å². The summed E-state index contributed by atoms with van der Waals surface area (Å²) in [6.07, 6.45) is 9.27. The first-order chi connectivity index (χ1) is 26.9. The number of aliphatic imine (C=N–C) groups is 2. The summed E-state index contributed by atoms with van der Waals surface area (Å²) in [5.74, 6) is 2.29. The van der Waals surface area contributed by atoms with Crippen LogP contribution in [0.4, 0.5) is 11.4 Å². The minimum absolute atomic E-state index is 0.153. The van der Waals surface area contributed by atoms with Crippen molar-refractivity contribution >= 4 is 46.8 Å². The van der Waals surface area contributed by atoms with Gasteiger partial charge >= 0.3 is 0 Å². The third-order valence-electron chi connectivity index (χ3n) is 10.3. The molecule has 0 spiro atoms. The van der Waals surface area contributed by atoms with Gasteiger partial charge in [-0.15, -0.1) is 0 Å². The van der Waals surface area contributed by atoms with Crippen LogP contribution in [0.3, 0.4) is 0 Å². The SMILES string of the molecule is COc1ccc(C2=CN3C(=O)c4cc(OC)c(OCCCOc5cc6c(cc5OC)C(=O)N5C=C(c7ccc(CN)cc7)CC5C=N6)cc4N=C[C@@H]3C2)cc1. The van der Waals surface area contributed by atoms with E-state index in [1.807, 2.05) is 73.4 Å². The van der Waals surface area contributed by atoms with Gasteiger partial charge in [0.25, 0.3) is 11.8 Å². The van der Waals surface area contributed by atoms with Crippen molar-refractivity contribution in [2.45, 2.75) is 37.9 Å². The topological polar surface area (TPSA) is 138 Å². The highest BCUT2D eigenvalue weighted by molar-refractivity contribution is 6.06. The number of hydrogen-bond donors (Lipinski definition) is 1. The first-order valence-corrected chi connectivity index (χ1v) is 18.2. The van der Waals surface area contributed by atoms with Crippen LogP contribution in [0.25, 0.3) is 11.1 Å². The van der Waals surface area contributed by atoms with E-state index < -0.39 is 0 Å². The van der Waals surface area contributed by atoms with Crippen molar-refractivity contribution in [3.05, 3.63) is 113 Å². The summed E-state index contributed by atoms with van der Waals surface area (Å²) in [7, 11) is 4.72. The number of fused-ring (bicyclic) bond motifs is 4. The molecular weight excluding hydrogens is 699 g/mol. The molecule has 4 heterocycles. The molecule has 4 aromatic carbocycles. The van der Waals surface area contributed by atoms with Crippen molar-refractivity contribution in [2.75, 3.05) is 34.5 Å². The lowest BCUT2D eigenvalue weighted by atomic mass is 10.0. The molecule has 0 aliphatic carbocycles. The molecule has 0 radical (unpaired) electrons. The fourth-order valence-corrected chi connectivity index (χ4v) is 7.23. The molecule has 0 saturated heterocycles. The molecule has 0 aromatic heterocycles. The van der Waals surface area contributed by atoms with Gasteiger partial charge in [0.2, 0.25) is 0 Å². The summed E-state index contributed by atoms with van der Waals surface area (Å²) in [5.41, 5.74) is 12.9. The number of nitrogens with zero attached hydrogens (tertiary/aromatic N) is 4. The van der Waals surface area contributed by atoms with E-state index in [1.165, 1.54) is 0 Å². The lowest BCUT2D eigenvalue weighted by molar-refractivity contribution is 0.0809. The van der Waals surface area contributed by atoms with Crippen molar-refractivity contribution in [2.24, 2.45) is 15.7 Å². The second kappa shape index (κ2) is 15.2. The third-order valence-corrected chi connectivity index (χ3v) is 10.3. The Hall–Kier alpha value is -6.40. The molecule has 1 unspecified atom stereocenters. The quantitative estimate of drug-likeness (QED) is 0.154. The zero-order chi connectivity index (χ0) is 38.1. The van der Waals surface area contributed by atoms with Gasteiger partial charge in [-0.1, -0.05) is 36.4 Å². The number of carbonyl (C=O) groups excluding carboxylic acids is 2. The zero-order valence-electron chi connectivity index (χ0n) is 30.9. The molecule has 2 atom stereocenters. The van der Waals surface area contributed by atoms with E-state index in [-0.39, 0.29) is 23.9 Å². The Morgan fingerprint density at radius 2 is 1.11 bits per heavy atom. The maximum Gasteiger partial charge on any atom is 0.260 e. The number of amides is 2. The van der Waals surface area contributed by atoms with E-state index in [1.54, 1.807) is 55.4 Å². The molecule has 8 rings (SSSR count). The Kier molecular flexibility index (Phi) is 9.81. The Balaban J connectivity index is 0.906.